The number of esters is 1. The van der Waals surface area contributed by atoms with E-state index in [-0.39, 0.29) is 12.1 Å². The molecule has 3 heteroatoms. The summed E-state index contributed by atoms with van der Waals surface area (Å²) in [6.07, 6.45) is 17.3. The predicted molar refractivity (Wildman–Crippen MR) is 138 cm³/mol. The lowest BCUT2D eigenvalue weighted by Gasteiger charge is -2.58. The third kappa shape index (κ3) is 4.94. The first-order valence-corrected chi connectivity index (χ1v) is 14.7. The molecule has 0 heterocycles. The molecule has 0 unspecified atom stereocenters. The monoisotopic (exact) mass is 476 g/mol. The maximum absolute atomic E-state index is 12.0. The fourth-order valence-electron chi connectivity index (χ4n) is 9.07. The molecule has 0 N–H and O–H groups in total. The lowest BCUT2D eigenvalue weighted by Crippen LogP contribution is -2.51. The quantitative estimate of drug-likeness (QED) is 0.199. The molecule has 0 amide bonds. The van der Waals surface area contributed by atoms with Crippen molar-refractivity contribution in [2.75, 3.05) is 5.88 Å². The van der Waals surface area contributed by atoms with Gasteiger partial charge in [-0.15, -0.1) is 11.6 Å². The summed E-state index contributed by atoms with van der Waals surface area (Å²) in [6, 6.07) is 0. The number of fused-ring (bicyclic) bond motifs is 5. The molecule has 4 aliphatic carbocycles. The van der Waals surface area contributed by atoms with Crippen LogP contribution < -0.4 is 0 Å². The van der Waals surface area contributed by atoms with E-state index in [0.717, 1.165) is 48.3 Å². The summed E-state index contributed by atoms with van der Waals surface area (Å²) in [7, 11) is 0. The molecule has 3 fully saturated rings. The van der Waals surface area contributed by atoms with Crippen LogP contribution in [0.15, 0.2) is 11.6 Å². The number of alkyl halides is 1. The summed E-state index contributed by atoms with van der Waals surface area (Å²) >= 11 is 5.73. The number of hydrogen-bond acceptors (Lipinski definition) is 2. The minimum absolute atomic E-state index is 0.0630. The highest BCUT2D eigenvalue weighted by atomic mass is 35.5. The molecule has 2 nitrogen and oxygen atoms in total. The zero-order chi connectivity index (χ0) is 23.8. The van der Waals surface area contributed by atoms with Gasteiger partial charge in [-0.3, -0.25) is 4.79 Å². The highest BCUT2D eigenvalue weighted by Gasteiger charge is 2.59. The van der Waals surface area contributed by atoms with Gasteiger partial charge in [0.1, 0.15) is 6.10 Å². The minimum Gasteiger partial charge on any atom is -0.462 e. The maximum Gasteiger partial charge on any atom is 0.307 e. The second-order valence-electron chi connectivity index (χ2n) is 13.1. The lowest BCUT2D eigenvalue weighted by molar-refractivity contribution is -0.151. The first-order chi connectivity index (χ1) is 15.7. The second kappa shape index (κ2) is 10.2. The number of rotatable bonds is 8. The average molecular weight is 477 g/mol. The molecule has 0 saturated heterocycles. The van der Waals surface area contributed by atoms with Crippen molar-refractivity contribution in [1.82, 2.24) is 0 Å². The molecule has 3 saturated carbocycles. The molecule has 33 heavy (non-hydrogen) atoms. The Morgan fingerprint density at radius 3 is 2.61 bits per heavy atom. The summed E-state index contributed by atoms with van der Waals surface area (Å²) in [5, 5.41) is 0. The highest BCUT2D eigenvalue weighted by Crippen LogP contribution is 2.67. The van der Waals surface area contributed by atoms with E-state index >= 15 is 0 Å². The van der Waals surface area contributed by atoms with Crippen LogP contribution in [-0.2, 0) is 9.53 Å². The van der Waals surface area contributed by atoms with Crippen molar-refractivity contribution in [2.45, 2.75) is 118 Å². The van der Waals surface area contributed by atoms with Crippen LogP contribution in [0.5, 0.6) is 0 Å². The van der Waals surface area contributed by atoms with Crippen LogP contribution in [0.2, 0.25) is 0 Å². The fraction of sp³-hybridized carbons (Fsp3) is 0.900. The van der Waals surface area contributed by atoms with Crippen LogP contribution in [0.1, 0.15) is 112 Å². The smallest absolute Gasteiger partial charge is 0.307 e. The normalized spacial score (nSPS) is 41.1. The molecule has 0 aliphatic heterocycles. The molecule has 188 valence electrons. The topological polar surface area (TPSA) is 26.3 Å². The van der Waals surface area contributed by atoms with Gasteiger partial charge in [0, 0.05) is 12.3 Å². The standard InChI is InChI=1S/C30H49ClO2/c1-20(2)7-6-8-21(3)25-11-12-26-24-10-9-22-19-23(33-28(32)15-18-31)13-16-29(22,4)27(24)14-17-30(25,26)5/h9,20-21,23-27H,6-8,10-19H2,1-5H3/t21-,23-,24+,25-,26+,27+,29+,30-/m1/s1. The van der Waals surface area contributed by atoms with Crippen LogP contribution in [0.3, 0.4) is 0 Å². The van der Waals surface area contributed by atoms with E-state index in [9.17, 15) is 4.79 Å². The number of allylic oxidation sites excluding steroid dienone is 1. The Morgan fingerprint density at radius 1 is 1.09 bits per heavy atom. The van der Waals surface area contributed by atoms with Crippen LogP contribution in [0.4, 0.5) is 0 Å². The molecule has 0 aromatic carbocycles. The van der Waals surface area contributed by atoms with Crippen molar-refractivity contribution in [3.63, 3.8) is 0 Å². The van der Waals surface area contributed by atoms with Gasteiger partial charge in [0.15, 0.2) is 0 Å². The van der Waals surface area contributed by atoms with Gasteiger partial charge in [0.25, 0.3) is 0 Å². The Balaban J connectivity index is 1.43. The molecular weight excluding hydrogens is 428 g/mol. The van der Waals surface area contributed by atoms with Crippen molar-refractivity contribution in [3.05, 3.63) is 11.6 Å². The molecule has 0 bridgehead atoms. The van der Waals surface area contributed by atoms with Crippen LogP contribution >= 0.6 is 11.6 Å². The van der Waals surface area contributed by atoms with Crippen LogP contribution in [-0.4, -0.2) is 18.0 Å². The molecule has 0 aromatic rings. The van der Waals surface area contributed by atoms with E-state index in [4.69, 9.17) is 16.3 Å². The Labute approximate surface area is 208 Å². The third-order valence-electron chi connectivity index (χ3n) is 10.9. The van der Waals surface area contributed by atoms with E-state index in [0.29, 0.717) is 23.1 Å². The van der Waals surface area contributed by atoms with Gasteiger partial charge in [0.2, 0.25) is 0 Å². The van der Waals surface area contributed by atoms with E-state index in [1.807, 2.05) is 0 Å². The highest BCUT2D eigenvalue weighted by molar-refractivity contribution is 6.18. The van der Waals surface area contributed by atoms with Crippen LogP contribution in [0, 0.1) is 46.3 Å². The van der Waals surface area contributed by atoms with Crippen molar-refractivity contribution < 1.29 is 9.53 Å². The maximum atomic E-state index is 12.0. The van der Waals surface area contributed by atoms with E-state index < -0.39 is 0 Å². The minimum atomic E-state index is -0.124. The van der Waals surface area contributed by atoms with Gasteiger partial charge >= 0.3 is 5.97 Å². The summed E-state index contributed by atoms with van der Waals surface area (Å²) in [5.74, 6) is 5.45. The SMILES string of the molecule is CC(C)CCC[C@@H](C)[C@H]1CC[C@H]2[C@@H]3CC=C4C[C@H](OC(=O)CCCl)CC[C@]4(C)[C@H]3CC[C@]12C. The number of ether oxygens (including phenoxy) is 1. The molecule has 0 aromatic heterocycles. The first kappa shape index (κ1) is 25.6. The molecule has 8 atom stereocenters. The number of hydrogen-bond donors (Lipinski definition) is 0. The van der Waals surface area contributed by atoms with E-state index in [1.54, 1.807) is 5.57 Å². The number of carbonyl (C=O) groups is 1. The predicted octanol–water partition coefficient (Wildman–Crippen LogP) is 8.57. The Bertz CT molecular complexity index is 729. The zero-order valence-electron chi connectivity index (χ0n) is 22.0. The largest absolute Gasteiger partial charge is 0.462 e. The number of carbonyl (C=O) groups excluding carboxylic acids is 1. The van der Waals surface area contributed by atoms with Crippen molar-refractivity contribution in [1.29, 1.82) is 0 Å². The average Bonchev–Trinajstić information content (AvgIpc) is 3.11. The van der Waals surface area contributed by atoms with E-state index in [2.05, 4.69) is 40.7 Å². The molecule has 4 aliphatic rings. The number of halogens is 1. The van der Waals surface area contributed by atoms with Gasteiger partial charge in [-0.1, -0.05) is 65.5 Å². The van der Waals surface area contributed by atoms with Crippen molar-refractivity contribution >= 4 is 17.6 Å². The van der Waals surface area contributed by atoms with Gasteiger partial charge in [0.05, 0.1) is 6.42 Å². The van der Waals surface area contributed by atoms with Gasteiger partial charge in [-0.05, 0) is 91.3 Å². The van der Waals surface area contributed by atoms with Gasteiger partial charge in [-0.2, -0.15) is 0 Å². The van der Waals surface area contributed by atoms with Crippen LogP contribution in [0.25, 0.3) is 0 Å². The lowest BCUT2D eigenvalue weighted by atomic mass is 9.47. The fourth-order valence-corrected chi connectivity index (χ4v) is 9.23. The van der Waals surface area contributed by atoms with Gasteiger partial charge in [-0.25, -0.2) is 0 Å². The summed E-state index contributed by atoms with van der Waals surface area (Å²) in [6.45, 7) is 12.5. The third-order valence-corrected chi connectivity index (χ3v) is 11.0. The van der Waals surface area contributed by atoms with Crippen molar-refractivity contribution in [3.8, 4) is 0 Å². The summed E-state index contributed by atoms with van der Waals surface area (Å²) < 4.78 is 5.77. The first-order valence-electron chi connectivity index (χ1n) is 14.1. The van der Waals surface area contributed by atoms with Gasteiger partial charge < -0.3 is 4.74 Å². The van der Waals surface area contributed by atoms with Crippen molar-refractivity contribution in [2.24, 2.45) is 46.3 Å². The zero-order valence-corrected chi connectivity index (χ0v) is 22.8. The molecular formula is C30H49ClO2. The molecule has 4 rings (SSSR count). The summed E-state index contributed by atoms with van der Waals surface area (Å²) in [5.41, 5.74) is 2.47. The second-order valence-corrected chi connectivity index (χ2v) is 13.5. The molecule has 0 radical (unpaired) electrons. The summed E-state index contributed by atoms with van der Waals surface area (Å²) in [4.78, 5) is 12.0. The van der Waals surface area contributed by atoms with E-state index in [1.165, 1.54) is 57.8 Å². The molecule has 0 spiro atoms. The Kier molecular flexibility index (Phi) is 7.94. The Morgan fingerprint density at radius 2 is 1.88 bits per heavy atom. The Hall–Kier alpha value is -0.500.